The fourth-order valence-electron chi connectivity index (χ4n) is 2.44. The summed E-state index contributed by atoms with van der Waals surface area (Å²) in [6, 6.07) is 5.68. The van der Waals surface area contributed by atoms with Crippen LogP contribution in [0.2, 0.25) is 0 Å². The van der Waals surface area contributed by atoms with Gasteiger partial charge in [-0.15, -0.1) is 11.3 Å². The largest absolute Gasteiger partial charge is 0.491 e. The number of rotatable bonds is 10. The van der Waals surface area contributed by atoms with Gasteiger partial charge in [-0.3, -0.25) is 4.99 Å². The van der Waals surface area contributed by atoms with Gasteiger partial charge in [0, 0.05) is 26.1 Å². The average Bonchev–Trinajstić information content (AvgIpc) is 3.18. The molecule has 9 heteroatoms. The molecule has 29 heavy (non-hydrogen) atoms. The van der Waals surface area contributed by atoms with Gasteiger partial charge in [-0.05, 0) is 38.1 Å². The van der Waals surface area contributed by atoms with Crippen molar-refractivity contribution in [3.8, 4) is 5.75 Å². The molecule has 2 unspecified atom stereocenters. The number of benzene rings is 1. The summed E-state index contributed by atoms with van der Waals surface area (Å²) >= 11 is 1.57. The van der Waals surface area contributed by atoms with Crippen LogP contribution < -0.4 is 10.1 Å². The Balaban J connectivity index is 1.89. The van der Waals surface area contributed by atoms with Crippen LogP contribution in [0.15, 0.2) is 34.6 Å². The molecule has 0 amide bonds. The van der Waals surface area contributed by atoms with E-state index in [0.29, 0.717) is 24.8 Å². The van der Waals surface area contributed by atoms with E-state index < -0.39 is 6.10 Å². The molecule has 0 fully saturated rings. The number of ether oxygens (including phenoxy) is 2. The lowest BCUT2D eigenvalue weighted by Crippen LogP contribution is -2.39. The second-order valence-electron chi connectivity index (χ2n) is 6.52. The molecule has 2 rings (SSSR count). The van der Waals surface area contributed by atoms with Crippen molar-refractivity contribution in [3.05, 3.63) is 46.2 Å². The summed E-state index contributed by atoms with van der Waals surface area (Å²) in [6.45, 7) is 5.49. The maximum atomic E-state index is 12.9. The van der Waals surface area contributed by atoms with E-state index in [4.69, 9.17) is 9.47 Å². The molecular formula is C20H29FN4O3S. The second-order valence-corrected chi connectivity index (χ2v) is 7.41. The van der Waals surface area contributed by atoms with Crippen LogP contribution in [-0.4, -0.2) is 60.9 Å². The Morgan fingerprint density at radius 3 is 2.76 bits per heavy atom. The highest BCUT2D eigenvalue weighted by atomic mass is 32.1. The van der Waals surface area contributed by atoms with E-state index in [1.807, 2.05) is 31.2 Å². The molecule has 0 aliphatic rings. The van der Waals surface area contributed by atoms with Gasteiger partial charge >= 0.3 is 0 Å². The number of nitrogens with one attached hydrogen (secondary N) is 1. The first-order chi connectivity index (χ1) is 13.9. The Labute approximate surface area is 175 Å². The zero-order valence-corrected chi connectivity index (χ0v) is 18.1. The molecule has 1 aromatic heterocycles. The lowest BCUT2D eigenvalue weighted by atomic mass is 10.3. The Bertz CT molecular complexity index is 769. The van der Waals surface area contributed by atoms with Gasteiger partial charge in [0.15, 0.2) is 5.96 Å². The highest BCUT2D eigenvalue weighted by Crippen LogP contribution is 2.21. The number of aromatic nitrogens is 1. The van der Waals surface area contributed by atoms with Crippen molar-refractivity contribution in [3.63, 3.8) is 0 Å². The highest BCUT2D eigenvalue weighted by molar-refractivity contribution is 7.09. The number of hydrogen-bond acceptors (Lipinski definition) is 6. The third-order valence-corrected chi connectivity index (χ3v) is 5.13. The molecule has 2 aromatic rings. The molecule has 0 bridgehead atoms. The van der Waals surface area contributed by atoms with Gasteiger partial charge in [0.25, 0.3) is 0 Å². The lowest BCUT2D eigenvalue weighted by molar-refractivity contribution is 0.114. The standard InChI is InChI=1S/C20H29FN4O3S/c1-5-22-20(25(3)11-16-13-29-19(24-16)14(2)27-4)23-10-17(26)12-28-18-8-6-15(21)7-9-18/h6-9,13-14,17,26H,5,10-12H2,1-4H3,(H,22,23). The zero-order valence-electron chi connectivity index (χ0n) is 17.3. The maximum Gasteiger partial charge on any atom is 0.194 e. The molecule has 1 aromatic carbocycles. The first-order valence-electron chi connectivity index (χ1n) is 9.45. The number of methoxy groups -OCH3 is 1. The Kier molecular flexibility index (Phi) is 9.30. The van der Waals surface area contributed by atoms with Gasteiger partial charge in [-0.2, -0.15) is 0 Å². The van der Waals surface area contributed by atoms with E-state index >= 15 is 0 Å². The van der Waals surface area contributed by atoms with Gasteiger partial charge < -0.3 is 24.8 Å². The second kappa shape index (κ2) is 11.7. The van der Waals surface area contributed by atoms with Gasteiger partial charge in [0.2, 0.25) is 0 Å². The topological polar surface area (TPSA) is 79.2 Å². The van der Waals surface area contributed by atoms with Crippen LogP contribution in [0.1, 0.15) is 30.7 Å². The van der Waals surface area contributed by atoms with Gasteiger partial charge in [0.05, 0.1) is 18.8 Å². The summed E-state index contributed by atoms with van der Waals surface area (Å²) in [4.78, 5) is 11.0. The van der Waals surface area contributed by atoms with E-state index in [-0.39, 0.29) is 25.1 Å². The number of hydrogen-bond donors (Lipinski definition) is 2. The maximum absolute atomic E-state index is 12.9. The molecule has 0 saturated carbocycles. The molecule has 1 heterocycles. The first kappa shape index (κ1) is 23.1. The molecule has 160 valence electrons. The molecule has 0 spiro atoms. The highest BCUT2D eigenvalue weighted by Gasteiger charge is 2.13. The van der Waals surface area contributed by atoms with Gasteiger partial charge in [-0.25, -0.2) is 9.37 Å². The van der Waals surface area contributed by atoms with Crippen LogP contribution in [-0.2, 0) is 11.3 Å². The van der Waals surface area contributed by atoms with Crippen molar-refractivity contribution in [1.29, 1.82) is 0 Å². The Morgan fingerprint density at radius 2 is 2.10 bits per heavy atom. The average molecular weight is 425 g/mol. The van der Waals surface area contributed by atoms with Crippen LogP contribution >= 0.6 is 11.3 Å². The number of aliphatic hydroxyl groups is 1. The summed E-state index contributed by atoms with van der Waals surface area (Å²) in [7, 11) is 3.58. The monoisotopic (exact) mass is 424 g/mol. The lowest BCUT2D eigenvalue weighted by Gasteiger charge is -2.21. The van der Waals surface area contributed by atoms with E-state index in [2.05, 4.69) is 15.3 Å². The third-order valence-electron chi connectivity index (χ3n) is 4.07. The minimum Gasteiger partial charge on any atom is -0.491 e. The van der Waals surface area contributed by atoms with E-state index in [9.17, 15) is 9.50 Å². The molecule has 0 radical (unpaired) electrons. The Morgan fingerprint density at radius 1 is 1.38 bits per heavy atom. The number of halogens is 1. The smallest absolute Gasteiger partial charge is 0.194 e. The quantitative estimate of drug-likeness (QED) is 0.451. The summed E-state index contributed by atoms with van der Waals surface area (Å²) in [6.07, 6.45) is -0.812. The summed E-state index contributed by atoms with van der Waals surface area (Å²) in [5.41, 5.74) is 0.933. The predicted molar refractivity (Wildman–Crippen MR) is 113 cm³/mol. The van der Waals surface area contributed by atoms with Crippen LogP contribution in [0.3, 0.4) is 0 Å². The third kappa shape index (κ3) is 7.60. The SMILES string of the molecule is CCNC(=NCC(O)COc1ccc(F)cc1)N(C)Cc1csc(C(C)OC)n1. The zero-order chi connectivity index (χ0) is 21.2. The molecule has 2 atom stereocenters. The number of guanidine groups is 1. The molecular weight excluding hydrogens is 395 g/mol. The van der Waals surface area contributed by atoms with E-state index in [0.717, 1.165) is 10.7 Å². The molecule has 0 aliphatic carbocycles. The van der Waals surface area contributed by atoms with Crippen LogP contribution in [0.4, 0.5) is 4.39 Å². The summed E-state index contributed by atoms with van der Waals surface area (Å²) < 4.78 is 23.7. The molecule has 7 nitrogen and oxygen atoms in total. The number of thiazole rings is 1. The predicted octanol–water partition coefficient (Wildman–Crippen LogP) is 2.83. The number of nitrogens with zero attached hydrogens (tertiary/aromatic N) is 3. The van der Waals surface area contributed by atoms with Crippen molar-refractivity contribution in [2.24, 2.45) is 4.99 Å². The minimum absolute atomic E-state index is 0.0304. The van der Waals surface area contributed by atoms with Gasteiger partial charge in [-0.1, -0.05) is 0 Å². The van der Waals surface area contributed by atoms with E-state index in [1.165, 1.54) is 24.3 Å². The number of aliphatic imine (C=N–C) groups is 1. The van der Waals surface area contributed by atoms with Crippen molar-refractivity contribution in [2.75, 3.05) is 33.9 Å². The van der Waals surface area contributed by atoms with Crippen molar-refractivity contribution < 1.29 is 19.0 Å². The minimum atomic E-state index is -0.782. The van der Waals surface area contributed by atoms with Crippen LogP contribution in [0.5, 0.6) is 5.75 Å². The molecule has 0 aliphatic heterocycles. The normalized spacial score (nSPS) is 13.8. The summed E-state index contributed by atoms with van der Waals surface area (Å²) in [5, 5.41) is 16.3. The van der Waals surface area contributed by atoms with Crippen LogP contribution in [0.25, 0.3) is 0 Å². The molecule has 2 N–H and O–H groups in total. The van der Waals surface area contributed by atoms with Crippen molar-refractivity contribution in [1.82, 2.24) is 15.2 Å². The fourth-order valence-corrected chi connectivity index (χ4v) is 3.28. The Hall–Kier alpha value is -2.23. The number of aliphatic hydroxyl groups excluding tert-OH is 1. The van der Waals surface area contributed by atoms with Gasteiger partial charge in [0.1, 0.15) is 35.4 Å². The fraction of sp³-hybridized carbons (Fsp3) is 0.500. The summed E-state index contributed by atoms with van der Waals surface area (Å²) in [5.74, 6) is 0.843. The van der Waals surface area contributed by atoms with E-state index in [1.54, 1.807) is 18.4 Å². The van der Waals surface area contributed by atoms with Crippen LogP contribution in [0, 0.1) is 5.82 Å². The van der Waals surface area contributed by atoms with Crippen molar-refractivity contribution in [2.45, 2.75) is 32.6 Å². The van der Waals surface area contributed by atoms with Crippen molar-refractivity contribution >= 4 is 17.3 Å². The first-order valence-corrected chi connectivity index (χ1v) is 10.3. The molecule has 0 saturated heterocycles.